The van der Waals surface area contributed by atoms with E-state index >= 15 is 4.39 Å². The number of aromatic nitrogens is 3. The molecule has 5 heteroatoms. The van der Waals surface area contributed by atoms with E-state index in [0.717, 1.165) is 46.9 Å². The first-order chi connectivity index (χ1) is 17.5. The van der Waals surface area contributed by atoms with Crippen LogP contribution in [-0.2, 0) is 18.5 Å². The molecule has 1 aromatic heterocycles. The van der Waals surface area contributed by atoms with Gasteiger partial charge < -0.3 is 4.90 Å². The SMILES string of the molecule is C#Cc1ccc(C2(F)CCN(C(=C)c3cc(-c4n[nH]c(CC)n4)c(C4CCC4)cc3CC)CC2)cc1. The minimum Gasteiger partial charge on any atom is -0.371 e. The Morgan fingerprint density at radius 2 is 1.89 bits per heavy atom. The third-order valence-corrected chi connectivity index (χ3v) is 8.13. The molecule has 0 atom stereocenters. The second kappa shape index (κ2) is 9.93. The normalized spacial score (nSPS) is 17.4. The van der Waals surface area contributed by atoms with Gasteiger partial charge in [-0.2, -0.15) is 5.10 Å². The Labute approximate surface area is 214 Å². The van der Waals surface area contributed by atoms with Crippen molar-refractivity contribution in [1.82, 2.24) is 20.1 Å². The molecule has 0 radical (unpaired) electrons. The van der Waals surface area contributed by atoms with Gasteiger partial charge >= 0.3 is 0 Å². The molecule has 3 aromatic rings. The highest BCUT2D eigenvalue weighted by atomic mass is 19.1. The number of halogens is 1. The van der Waals surface area contributed by atoms with E-state index in [1.54, 1.807) is 0 Å². The van der Waals surface area contributed by atoms with Crippen molar-refractivity contribution in [1.29, 1.82) is 0 Å². The highest BCUT2D eigenvalue weighted by Gasteiger charge is 2.37. The van der Waals surface area contributed by atoms with Crippen LogP contribution in [0, 0.1) is 12.3 Å². The topological polar surface area (TPSA) is 44.8 Å². The fourth-order valence-corrected chi connectivity index (χ4v) is 5.50. The third kappa shape index (κ3) is 4.46. The molecule has 2 aliphatic rings. The van der Waals surface area contributed by atoms with Gasteiger partial charge in [0.15, 0.2) is 5.82 Å². The first-order valence-electron chi connectivity index (χ1n) is 13.2. The summed E-state index contributed by atoms with van der Waals surface area (Å²) in [7, 11) is 0. The zero-order chi connectivity index (χ0) is 25.3. The third-order valence-electron chi connectivity index (χ3n) is 8.13. The second-order valence-corrected chi connectivity index (χ2v) is 10.2. The Bertz CT molecular complexity index is 1290. The quantitative estimate of drug-likeness (QED) is 0.378. The lowest BCUT2D eigenvalue weighted by atomic mass is 9.76. The lowest BCUT2D eigenvalue weighted by Gasteiger charge is -2.39. The predicted molar refractivity (Wildman–Crippen MR) is 144 cm³/mol. The number of likely N-dealkylation sites (tertiary alicyclic amines) is 1. The summed E-state index contributed by atoms with van der Waals surface area (Å²) in [6.45, 7) is 10.0. The van der Waals surface area contributed by atoms with Crippen molar-refractivity contribution in [3.05, 3.63) is 76.6 Å². The van der Waals surface area contributed by atoms with Gasteiger partial charge in [-0.25, -0.2) is 9.37 Å². The number of aryl methyl sites for hydroxylation is 2. The molecule has 1 saturated carbocycles. The fraction of sp³-hybridized carbons (Fsp3) is 0.419. The summed E-state index contributed by atoms with van der Waals surface area (Å²) < 4.78 is 15.9. The minimum absolute atomic E-state index is 0.427. The molecule has 0 amide bonds. The van der Waals surface area contributed by atoms with Crippen LogP contribution >= 0.6 is 0 Å². The second-order valence-electron chi connectivity index (χ2n) is 10.2. The Morgan fingerprint density at radius 1 is 1.17 bits per heavy atom. The van der Waals surface area contributed by atoms with E-state index in [1.165, 1.54) is 30.4 Å². The highest BCUT2D eigenvalue weighted by Crippen LogP contribution is 2.44. The minimum atomic E-state index is -1.34. The molecule has 2 heterocycles. The van der Waals surface area contributed by atoms with Crippen molar-refractivity contribution in [3.8, 4) is 23.7 Å². The summed E-state index contributed by atoms with van der Waals surface area (Å²) in [6, 6.07) is 11.9. The van der Waals surface area contributed by atoms with Gasteiger partial charge in [0.1, 0.15) is 11.5 Å². The molecule has 2 aromatic carbocycles. The monoisotopic (exact) mass is 482 g/mol. The van der Waals surface area contributed by atoms with Gasteiger partial charge in [0.05, 0.1) is 0 Å². The molecule has 1 aliphatic carbocycles. The molecule has 36 heavy (non-hydrogen) atoms. The number of hydrogen-bond donors (Lipinski definition) is 1. The summed E-state index contributed by atoms with van der Waals surface area (Å²) in [5.74, 6) is 4.84. The molecule has 4 nitrogen and oxygen atoms in total. The van der Waals surface area contributed by atoms with Crippen LogP contribution in [0.25, 0.3) is 17.1 Å². The van der Waals surface area contributed by atoms with Crippen LogP contribution in [0.3, 0.4) is 0 Å². The maximum Gasteiger partial charge on any atom is 0.181 e. The zero-order valence-corrected chi connectivity index (χ0v) is 21.4. The molecular formula is C31H35FN4. The van der Waals surface area contributed by atoms with E-state index in [0.29, 0.717) is 37.4 Å². The average molecular weight is 483 g/mol. The van der Waals surface area contributed by atoms with Crippen LogP contribution in [0.2, 0.25) is 0 Å². The number of nitrogens with zero attached hydrogens (tertiary/aromatic N) is 3. The van der Waals surface area contributed by atoms with Crippen LogP contribution in [-0.4, -0.2) is 33.2 Å². The highest BCUT2D eigenvalue weighted by molar-refractivity contribution is 5.74. The lowest BCUT2D eigenvalue weighted by molar-refractivity contribution is 0.0794. The van der Waals surface area contributed by atoms with Crippen molar-refractivity contribution < 1.29 is 4.39 Å². The van der Waals surface area contributed by atoms with Gasteiger partial charge in [-0.15, -0.1) is 6.42 Å². The maximum absolute atomic E-state index is 15.9. The Kier molecular flexibility index (Phi) is 6.71. The number of piperidine rings is 1. The van der Waals surface area contributed by atoms with Gasteiger partial charge in [-0.05, 0) is 60.1 Å². The van der Waals surface area contributed by atoms with Crippen molar-refractivity contribution in [2.24, 2.45) is 0 Å². The van der Waals surface area contributed by atoms with Gasteiger partial charge in [0.2, 0.25) is 0 Å². The van der Waals surface area contributed by atoms with E-state index in [1.807, 2.05) is 24.3 Å². The summed E-state index contributed by atoms with van der Waals surface area (Å²) in [6.07, 6.45) is 11.8. The van der Waals surface area contributed by atoms with Crippen LogP contribution in [0.15, 0.2) is 43.0 Å². The van der Waals surface area contributed by atoms with Crippen LogP contribution < -0.4 is 0 Å². The predicted octanol–water partition coefficient (Wildman–Crippen LogP) is 6.78. The molecule has 1 N–H and O–H groups in total. The number of nitrogens with one attached hydrogen (secondary N) is 1. The fourth-order valence-electron chi connectivity index (χ4n) is 5.50. The van der Waals surface area contributed by atoms with Crippen molar-refractivity contribution in [2.75, 3.05) is 13.1 Å². The number of H-pyrrole nitrogens is 1. The van der Waals surface area contributed by atoms with E-state index in [4.69, 9.17) is 11.4 Å². The first kappa shape index (κ1) is 24.3. The van der Waals surface area contributed by atoms with Crippen LogP contribution in [0.1, 0.15) is 85.5 Å². The number of rotatable bonds is 7. The molecule has 2 fully saturated rings. The van der Waals surface area contributed by atoms with E-state index in [2.05, 4.69) is 53.6 Å². The molecule has 0 spiro atoms. The van der Waals surface area contributed by atoms with Crippen LogP contribution in [0.5, 0.6) is 0 Å². The summed E-state index contributed by atoms with van der Waals surface area (Å²) in [4.78, 5) is 7.00. The van der Waals surface area contributed by atoms with Crippen LogP contribution in [0.4, 0.5) is 4.39 Å². The zero-order valence-electron chi connectivity index (χ0n) is 21.4. The molecule has 1 aliphatic heterocycles. The van der Waals surface area contributed by atoms with Gasteiger partial charge in [0.25, 0.3) is 0 Å². The molecule has 186 valence electrons. The van der Waals surface area contributed by atoms with Gasteiger partial charge in [-0.1, -0.05) is 51.0 Å². The van der Waals surface area contributed by atoms with E-state index in [9.17, 15) is 0 Å². The number of benzene rings is 2. The summed E-state index contributed by atoms with van der Waals surface area (Å²) in [5.41, 5.74) is 5.99. The Hall–Kier alpha value is -3.39. The molecule has 1 saturated heterocycles. The van der Waals surface area contributed by atoms with Crippen molar-refractivity contribution in [3.63, 3.8) is 0 Å². The van der Waals surface area contributed by atoms with Crippen molar-refractivity contribution in [2.45, 2.75) is 70.4 Å². The maximum atomic E-state index is 15.9. The molecular weight excluding hydrogens is 447 g/mol. The Morgan fingerprint density at radius 3 is 2.44 bits per heavy atom. The average Bonchev–Trinajstić information content (AvgIpc) is 3.37. The molecule has 0 bridgehead atoms. The van der Waals surface area contributed by atoms with Gasteiger partial charge in [0, 0.05) is 54.7 Å². The van der Waals surface area contributed by atoms with Gasteiger partial charge in [-0.3, -0.25) is 5.10 Å². The summed E-state index contributed by atoms with van der Waals surface area (Å²) in [5, 5.41) is 7.63. The van der Waals surface area contributed by atoms with E-state index < -0.39 is 5.67 Å². The largest absolute Gasteiger partial charge is 0.371 e. The number of aromatic amines is 1. The smallest absolute Gasteiger partial charge is 0.181 e. The Balaban J connectivity index is 1.42. The molecule has 5 rings (SSSR count). The van der Waals surface area contributed by atoms with Crippen molar-refractivity contribution >= 4 is 5.70 Å². The first-order valence-corrected chi connectivity index (χ1v) is 13.2. The number of terminal acetylenes is 1. The number of alkyl halides is 1. The molecule has 0 unspecified atom stereocenters. The lowest BCUT2D eigenvalue weighted by Crippen LogP contribution is -2.39. The summed E-state index contributed by atoms with van der Waals surface area (Å²) >= 11 is 0. The van der Waals surface area contributed by atoms with E-state index in [-0.39, 0.29) is 0 Å². The number of hydrogen-bond acceptors (Lipinski definition) is 3. The standard InChI is InChI=1S/C31H35FN4/c1-5-22-11-13-25(14-12-22)31(32)15-17-36(18-16-31)21(4)26-20-28(30-33-29(7-3)34-35-30)27(19-23(26)6-2)24-9-8-10-24/h1,11-14,19-20,24H,4,6-10,15-18H2,2-3H3,(H,33,34,35).